The number of rotatable bonds is 5. The smallest absolute Gasteiger partial charge is 0.177 e. The summed E-state index contributed by atoms with van der Waals surface area (Å²) in [5, 5.41) is 1.11. The molecule has 0 aromatic carbocycles. The van der Waals surface area contributed by atoms with E-state index in [1.54, 1.807) is 7.11 Å². The highest BCUT2D eigenvalue weighted by Gasteiger charge is 2.26. The molecule has 2 rings (SSSR count). The van der Waals surface area contributed by atoms with E-state index in [2.05, 4.69) is 4.90 Å². The Balaban J connectivity index is 2.11. The van der Waals surface area contributed by atoms with Gasteiger partial charge in [0.1, 0.15) is 0 Å². The Kier molecular flexibility index (Phi) is 4.47. The van der Waals surface area contributed by atoms with Crippen molar-refractivity contribution in [2.75, 3.05) is 37.4 Å². The molecule has 0 radical (unpaired) electrons. The van der Waals surface area contributed by atoms with Crippen LogP contribution < -0.4 is 10.6 Å². The zero-order chi connectivity index (χ0) is 14.0. The van der Waals surface area contributed by atoms with E-state index in [4.69, 9.17) is 10.5 Å². The van der Waals surface area contributed by atoms with Crippen molar-refractivity contribution in [3.05, 3.63) is 10.9 Å². The summed E-state index contributed by atoms with van der Waals surface area (Å²) in [4.78, 5) is 15.1. The Morgan fingerprint density at radius 1 is 1.63 bits per heavy atom. The number of nitrogen functional groups attached to an aromatic ring is 1. The lowest BCUT2D eigenvalue weighted by Gasteiger charge is -2.15. The first-order chi connectivity index (χ1) is 9.02. The van der Waals surface area contributed by atoms with Crippen LogP contribution in [0, 0.1) is 11.8 Å². The molecule has 1 aromatic rings. The molecular formula is C14H22N2O2S. The average Bonchev–Trinajstić information content (AvgIpc) is 2.95. The summed E-state index contributed by atoms with van der Waals surface area (Å²) < 4.78 is 5.21. The van der Waals surface area contributed by atoms with Crippen LogP contribution in [-0.2, 0) is 4.74 Å². The molecular weight excluding hydrogens is 260 g/mol. The van der Waals surface area contributed by atoms with Gasteiger partial charge in [0.05, 0.1) is 22.2 Å². The number of thiophene rings is 1. The normalized spacial score (nSPS) is 19.4. The molecule has 0 spiro atoms. The van der Waals surface area contributed by atoms with Crippen LogP contribution in [0.2, 0.25) is 0 Å². The van der Waals surface area contributed by atoms with E-state index in [1.165, 1.54) is 11.3 Å². The van der Waals surface area contributed by atoms with Crippen molar-refractivity contribution in [3.8, 4) is 0 Å². The summed E-state index contributed by atoms with van der Waals surface area (Å²) in [6.07, 6.45) is 1.14. The van der Waals surface area contributed by atoms with Gasteiger partial charge in [-0.3, -0.25) is 4.79 Å². The van der Waals surface area contributed by atoms with Gasteiger partial charge < -0.3 is 15.4 Å². The van der Waals surface area contributed by atoms with Gasteiger partial charge in [0.25, 0.3) is 0 Å². The number of nitrogens with zero attached hydrogens (tertiary/aromatic N) is 1. The summed E-state index contributed by atoms with van der Waals surface area (Å²) in [5.41, 5.74) is 6.60. The Labute approximate surface area is 118 Å². The quantitative estimate of drug-likeness (QED) is 0.844. The third-order valence-corrected chi connectivity index (χ3v) is 4.72. The summed E-state index contributed by atoms with van der Waals surface area (Å²) in [7, 11) is 1.74. The third-order valence-electron chi connectivity index (χ3n) is 3.50. The molecule has 4 nitrogen and oxygen atoms in total. The Bertz CT molecular complexity index is 456. The van der Waals surface area contributed by atoms with Gasteiger partial charge in [-0.25, -0.2) is 0 Å². The largest absolute Gasteiger partial charge is 0.397 e. The maximum absolute atomic E-state index is 12.1. The fourth-order valence-electron chi connectivity index (χ4n) is 2.41. The number of hydrogen-bond acceptors (Lipinski definition) is 5. The van der Waals surface area contributed by atoms with Gasteiger partial charge in [-0.05, 0) is 12.5 Å². The Hall–Kier alpha value is -1.07. The van der Waals surface area contributed by atoms with Gasteiger partial charge in [0, 0.05) is 32.0 Å². The highest BCUT2D eigenvalue weighted by atomic mass is 32.1. The third kappa shape index (κ3) is 3.09. The van der Waals surface area contributed by atoms with E-state index in [-0.39, 0.29) is 11.7 Å². The number of ether oxygens (including phenoxy) is 1. The average molecular weight is 282 g/mol. The van der Waals surface area contributed by atoms with E-state index in [0.29, 0.717) is 16.5 Å². The first-order valence-corrected chi connectivity index (χ1v) is 7.52. The second-order valence-corrected chi connectivity index (χ2v) is 6.47. The number of carbonyl (C=O) groups is 1. The van der Waals surface area contributed by atoms with E-state index in [0.717, 1.165) is 31.1 Å². The van der Waals surface area contributed by atoms with Crippen molar-refractivity contribution >= 4 is 27.8 Å². The van der Waals surface area contributed by atoms with Crippen LogP contribution in [0.15, 0.2) is 6.07 Å². The number of ketones is 1. The molecule has 0 amide bonds. The fourth-order valence-corrected chi connectivity index (χ4v) is 3.61. The molecule has 5 heteroatoms. The van der Waals surface area contributed by atoms with Gasteiger partial charge in [0.15, 0.2) is 5.78 Å². The molecule has 2 heterocycles. The van der Waals surface area contributed by atoms with E-state index < -0.39 is 0 Å². The lowest BCUT2D eigenvalue weighted by atomic mass is 10.1. The molecule has 1 fully saturated rings. The van der Waals surface area contributed by atoms with Crippen LogP contribution in [-0.4, -0.2) is 32.6 Å². The molecule has 2 N–H and O–H groups in total. The molecule has 1 aliphatic heterocycles. The number of carbonyl (C=O) groups excluding carboxylic acids is 1. The molecule has 1 saturated heterocycles. The van der Waals surface area contributed by atoms with Gasteiger partial charge in [-0.15, -0.1) is 11.3 Å². The maximum Gasteiger partial charge on any atom is 0.177 e. The summed E-state index contributed by atoms with van der Waals surface area (Å²) in [5.74, 6) is 0.715. The minimum absolute atomic E-state index is 0.00591. The van der Waals surface area contributed by atoms with Crippen LogP contribution in [0.3, 0.4) is 0 Å². The first kappa shape index (κ1) is 14.3. The van der Waals surface area contributed by atoms with Gasteiger partial charge in [-0.2, -0.15) is 0 Å². The molecule has 0 saturated carbocycles. The predicted molar refractivity (Wildman–Crippen MR) is 80.1 cm³/mol. The van der Waals surface area contributed by atoms with Crippen LogP contribution in [0.4, 0.5) is 10.7 Å². The molecule has 106 valence electrons. The lowest BCUT2D eigenvalue weighted by Crippen LogP contribution is -2.19. The van der Waals surface area contributed by atoms with Crippen LogP contribution >= 0.6 is 11.3 Å². The topological polar surface area (TPSA) is 55.6 Å². The second kappa shape index (κ2) is 5.92. The van der Waals surface area contributed by atoms with Crippen LogP contribution in [0.5, 0.6) is 0 Å². The Morgan fingerprint density at radius 2 is 2.37 bits per heavy atom. The molecule has 1 aliphatic rings. The summed E-state index contributed by atoms with van der Waals surface area (Å²) in [6, 6.07) is 1.94. The first-order valence-electron chi connectivity index (χ1n) is 6.70. The highest BCUT2D eigenvalue weighted by Crippen LogP contribution is 2.36. The van der Waals surface area contributed by atoms with Crippen molar-refractivity contribution in [1.29, 1.82) is 0 Å². The highest BCUT2D eigenvalue weighted by molar-refractivity contribution is 7.18. The van der Waals surface area contributed by atoms with Gasteiger partial charge in [0.2, 0.25) is 0 Å². The van der Waals surface area contributed by atoms with Crippen LogP contribution in [0.25, 0.3) is 0 Å². The van der Waals surface area contributed by atoms with Gasteiger partial charge in [-0.1, -0.05) is 13.8 Å². The van der Waals surface area contributed by atoms with Gasteiger partial charge >= 0.3 is 0 Å². The zero-order valence-electron chi connectivity index (χ0n) is 11.8. The van der Waals surface area contributed by atoms with E-state index in [9.17, 15) is 4.79 Å². The minimum atomic E-state index is -0.00591. The number of methoxy groups -OCH3 is 1. The monoisotopic (exact) mass is 282 g/mol. The van der Waals surface area contributed by atoms with Crippen molar-refractivity contribution < 1.29 is 9.53 Å². The van der Waals surface area contributed by atoms with Crippen molar-refractivity contribution in [1.82, 2.24) is 0 Å². The molecule has 1 atom stereocenters. The van der Waals surface area contributed by atoms with E-state index in [1.807, 2.05) is 19.9 Å². The SMILES string of the molecule is COCC1CCN(c2cc(N)c(C(=O)C(C)C)s2)C1. The number of hydrogen-bond donors (Lipinski definition) is 1. The summed E-state index contributed by atoms with van der Waals surface area (Å²) in [6.45, 7) is 6.62. The molecule has 19 heavy (non-hydrogen) atoms. The van der Waals surface area contributed by atoms with Crippen molar-refractivity contribution in [3.63, 3.8) is 0 Å². The zero-order valence-corrected chi connectivity index (χ0v) is 12.6. The van der Waals surface area contributed by atoms with E-state index >= 15 is 0 Å². The fraction of sp³-hybridized carbons (Fsp3) is 0.643. The number of nitrogens with two attached hydrogens (primary N) is 1. The molecule has 0 aliphatic carbocycles. The maximum atomic E-state index is 12.1. The lowest BCUT2D eigenvalue weighted by molar-refractivity contribution is 0.0944. The number of anilines is 2. The van der Waals surface area contributed by atoms with Crippen molar-refractivity contribution in [2.45, 2.75) is 20.3 Å². The second-order valence-electron chi connectivity index (χ2n) is 5.44. The standard InChI is InChI=1S/C14H22N2O2S/c1-9(2)13(17)14-11(15)6-12(19-14)16-5-4-10(7-16)8-18-3/h6,9-10H,4-5,7-8,15H2,1-3H3. The minimum Gasteiger partial charge on any atom is -0.397 e. The molecule has 0 bridgehead atoms. The number of Topliss-reactive ketones (excluding diaryl/α,β-unsaturated/α-hetero) is 1. The predicted octanol–water partition coefficient (Wildman–Crippen LogP) is 2.64. The summed E-state index contributed by atoms with van der Waals surface area (Å²) >= 11 is 1.52. The van der Waals surface area contributed by atoms with Crippen LogP contribution in [0.1, 0.15) is 29.9 Å². The molecule has 1 aromatic heterocycles. The Morgan fingerprint density at radius 3 is 3.00 bits per heavy atom. The van der Waals surface area contributed by atoms with Crippen molar-refractivity contribution in [2.24, 2.45) is 11.8 Å². The molecule has 1 unspecified atom stereocenters.